The van der Waals surface area contributed by atoms with E-state index in [2.05, 4.69) is 23.8 Å². The number of rotatable bonds is 13. The highest BCUT2D eigenvalue weighted by molar-refractivity contribution is 5.68. The van der Waals surface area contributed by atoms with Gasteiger partial charge in [0.1, 0.15) is 6.17 Å². The van der Waals surface area contributed by atoms with Crippen molar-refractivity contribution in [2.24, 2.45) is 5.92 Å². The molecule has 0 spiro atoms. The lowest BCUT2D eigenvalue weighted by Gasteiger charge is -2.22. The second-order valence-electron chi connectivity index (χ2n) is 8.57. The molecule has 1 aromatic rings. The summed E-state index contributed by atoms with van der Waals surface area (Å²) in [4.78, 5) is 11.1. The Balaban J connectivity index is 1.81. The summed E-state index contributed by atoms with van der Waals surface area (Å²) in [6.07, 6.45) is 9.90. The topological polar surface area (TPSA) is 46.5 Å². The molecule has 4 atom stereocenters. The zero-order valence-corrected chi connectivity index (χ0v) is 18.2. The average Bonchev–Trinajstić information content (AvgIpc) is 3.10. The average molecular weight is 407 g/mol. The number of ether oxygens (including phenoxy) is 1. The van der Waals surface area contributed by atoms with Crippen LogP contribution in [-0.2, 0) is 9.53 Å². The first-order chi connectivity index (χ1) is 14.1. The molecule has 0 bridgehead atoms. The van der Waals surface area contributed by atoms with E-state index in [0.29, 0.717) is 12.8 Å². The van der Waals surface area contributed by atoms with Crippen LogP contribution >= 0.6 is 0 Å². The maximum Gasteiger partial charge on any atom is 0.305 e. The fourth-order valence-electron chi connectivity index (χ4n) is 4.64. The zero-order valence-electron chi connectivity index (χ0n) is 18.2. The van der Waals surface area contributed by atoms with E-state index in [4.69, 9.17) is 0 Å². The van der Waals surface area contributed by atoms with Gasteiger partial charge in [0.2, 0.25) is 0 Å². The molecule has 1 saturated carbocycles. The number of carbonyl (C=O) groups is 1. The van der Waals surface area contributed by atoms with Crippen molar-refractivity contribution in [2.45, 2.75) is 102 Å². The minimum Gasteiger partial charge on any atom is -0.469 e. The summed E-state index contributed by atoms with van der Waals surface area (Å²) in [5.41, 5.74) is 2.19. The third-order valence-electron chi connectivity index (χ3n) is 6.46. The highest BCUT2D eigenvalue weighted by Gasteiger charge is 2.36. The van der Waals surface area contributed by atoms with Gasteiger partial charge in [-0.15, -0.1) is 0 Å². The number of alkyl halides is 1. The van der Waals surface area contributed by atoms with Gasteiger partial charge in [0.05, 0.1) is 13.2 Å². The van der Waals surface area contributed by atoms with Crippen molar-refractivity contribution in [3.63, 3.8) is 0 Å². The second kappa shape index (κ2) is 13.0. The first-order valence-corrected chi connectivity index (χ1v) is 11.6. The van der Waals surface area contributed by atoms with Gasteiger partial charge >= 0.3 is 5.97 Å². The predicted octanol–water partition coefficient (Wildman–Crippen LogP) is 6.65. The van der Waals surface area contributed by atoms with Crippen LogP contribution in [0.25, 0.3) is 0 Å². The standard InChI is InChI=1S/C25H39FO3/c1-3-4-7-11-24(27)20-15-13-19(14-16-20)21-17-18-23(26)22(21)10-8-5-6-9-12-25(28)29-2/h13-16,21-24,27H,3-12,17-18H2,1-2H3. The summed E-state index contributed by atoms with van der Waals surface area (Å²) in [7, 11) is 1.42. The van der Waals surface area contributed by atoms with E-state index in [-0.39, 0.29) is 17.8 Å². The number of unbranched alkanes of at least 4 members (excludes halogenated alkanes) is 5. The molecule has 4 unspecified atom stereocenters. The van der Waals surface area contributed by atoms with E-state index in [1.807, 2.05) is 12.1 Å². The molecule has 0 heterocycles. The summed E-state index contributed by atoms with van der Waals surface area (Å²) in [5.74, 6) is 0.228. The molecule has 0 amide bonds. The van der Waals surface area contributed by atoms with Gasteiger partial charge < -0.3 is 9.84 Å². The number of hydrogen-bond acceptors (Lipinski definition) is 3. The van der Waals surface area contributed by atoms with Crippen molar-refractivity contribution in [2.75, 3.05) is 7.11 Å². The van der Waals surface area contributed by atoms with Gasteiger partial charge in [0, 0.05) is 6.42 Å². The Hall–Kier alpha value is -1.42. The third-order valence-corrected chi connectivity index (χ3v) is 6.46. The molecule has 4 heteroatoms. The molecule has 2 rings (SSSR count). The summed E-state index contributed by atoms with van der Waals surface area (Å²) in [6, 6.07) is 8.26. The molecular formula is C25H39FO3. The molecule has 0 aliphatic heterocycles. The van der Waals surface area contributed by atoms with Gasteiger partial charge in [-0.25, -0.2) is 4.39 Å². The lowest BCUT2D eigenvalue weighted by Crippen LogP contribution is -2.15. The Labute approximate surface area is 176 Å². The molecule has 0 aromatic heterocycles. The van der Waals surface area contributed by atoms with Gasteiger partial charge in [0.15, 0.2) is 0 Å². The minimum absolute atomic E-state index is 0.0935. The van der Waals surface area contributed by atoms with Crippen molar-refractivity contribution in [1.82, 2.24) is 0 Å². The van der Waals surface area contributed by atoms with Crippen LogP contribution in [0, 0.1) is 5.92 Å². The quantitative estimate of drug-likeness (QED) is 0.295. The molecule has 0 saturated heterocycles. The van der Waals surface area contributed by atoms with Crippen LogP contribution in [0.1, 0.15) is 107 Å². The SMILES string of the molecule is CCCCCC(O)c1ccc(C2CCC(F)C2CCCCCCC(=O)OC)cc1. The van der Waals surface area contributed by atoms with Gasteiger partial charge in [0.25, 0.3) is 0 Å². The van der Waals surface area contributed by atoms with Crippen LogP contribution in [-0.4, -0.2) is 24.4 Å². The lowest BCUT2D eigenvalue weighted by molar-refractivity contribution is -0.140. The van der Waals surface area contributed by atoms with E-state index in [0.717, 1.165) is 69.8 Å². The zero-order chi connectivity index (χ0) is 21.1. The van der Waals surface area contributed by atoms with Gasteiger partial charge in [-0.05, 0) is 55.1 Å². The number of methoxy groups -OCH3 is 1. The van der Waals surface area contributed by atoms with E-state index in [1.54, 1.807) is 0 Å². The van der Waals surface area contributed by atoms with Crippen LogP contribution in [0.4, 0.5) is 4.39 Å². The largest absolute Gasteiger partial charge is 0.469 e. The van der Waals surface area contributed by atoms with Crippen LogP contribution in [0.2, 0.25) is 0 Å². The predicted molar refractivity (Wildman–Crippen MR) is 116 cm³/mol. The summed E-state index contributed by atoms with van der Waals surface area (Å²) in [5, 5.41) is 10.3. The van der Waals surface area contributed by atoms with Crippen LogP contribution in [0.5, 0.6) is 0 Å². The van der Waals surface area contributed by atoms with Crippen molar-refractivity contribution < 1.29 is 19.0 Å². The number of halogens is 1. The summed E-state index contributed by atoms with van der Waals surface area (Å²) >= 11 is 0. The molecule has 1 aromatic carbocycles. The highest BCUT2D eigenvalue weighted by Crippen LogP contribution is 2.44. The number of aliphatic hydroxyl groups is 1. The molecule has 164 valence electrons. The number of aliphatic hydroxyl groups excluding tert-OH is 1. The van der Waals surface area contributed by atoms with Crippen molar-refractivity contribution in [1.29, 1.82) is 0 Å². The lowest BCUT2D eigenvalue weighted by atomic mass is 9.84. The molecule has 1 N–H and O–H groups in total. The number of esters is 1. The Morgan fingerprint density at radius 2 is 1.83 bits per heavy atom. The number of carbonyl (C=O) groups excluding carboxylic acids is 1. The van der Waals surface area contributed by atoms with E-state index >= 15 is 0 Å². The van der Waals surface area contributed by atoms with Crippen molar-refractivity contribution in [3.05, 3.63) is 35.4 Å². The molecule has 1 fully saturated rings. The molecule has 1 aliphatic carbocycles. The maximum atomic E-state index is 14.5. The van der Waals surface area contributed by atoms with Crippen LogP contribution in [0.3, 0.4) is 0 Å². The minimum atomic E-state index is -0.714. The fourth-order valence-corrected chi connectivity index (χ4v) is 4.64. The molecule has 3 nitrogen and oxygen atoms in total. The molecule has 29 heavy (non-hydrogen) atoms. The Bertz CT molecular complexity index is 586. The van der Waals surface area contributed by atoms with Crippen LogP contribution < -0.4 is 0 Å². The Morgan fingerprint density at radius 1 is 1.10 bits per heavy atom. The van der Waals surface area contributed by atoms with Gasteiger partial charge in [-0.3, -0.25) is 4.79 Å². The summed E-state index contributed by atoms with van der Waals surface area (Å²) < 4.78 is 19.2. The van der Waals surface area contributed by atoms with Crippen molar-refractivity contribution >= 4 is 5.97 Å². The fraction of sp³-hybridized carbons (Fsp3) is 0.720. The number of benzene rings is 1. The van der Waals surface area contributed by atoms with E-state index in [1.165, 1.54) is 12.7 Å². The van der Waals surface area contributed by atoms with Crippen molar-refractivity contribution in [3.8, 4) is 0 Å². The normalized spacial score (nSPS) is 22.6. The first kappa shape index (κ1) is 23.9. The molecular weight excluding hydrogens is 367 g/mol. The van der Waals surface area contributed by atoms with E-state index < -0.39 is 12.3 Å². The highest BCUT2D eigenvalue weighted by atomic mass is 19.1. The number of hydrogen-bond donors (Lipinski definition) is 1. The second-order valence-corrected chi connectivity index (χ2v) is 8.57. The third kappa shape index (κ3) is 7.73. The van der Waals surface area contributed by atoms with Crippen LogP contribution in [0.15, 0.2) is 24.3 Å². The smallest absolute Gasteiger partial charge is 0.305 e. The summed E-state index contributed by atoms with van der Waals surface area (Å²) in [6.45, 7) is 2.17. The Kier molecular flexibility index (Phi) is 10.7. The van der Waals surface area contributed by atoms with E-state index in [9.17, 15) is 14.3 Å². The Morgan fingerprint density at radius 3 is 2.52 bits per heavy atom. The maximum absolute atomic E-state index is 14.5. The molecule has 1 aliphatic rings. The van der Waals surface area contributed by atoms with Gasteiger partial charge in [-0.1, -0.05) is 69.7 Å². The molecule has 0 radical (unpaired) electrons. The first-order valence-electron chi connectivity index (χ1n) is 11.6. The van der Waals surface area contributed by atoms with Gasteiger partial charge in [-0.2, -0.15) is 0 Å². The monoisotopic (exact) mass is 406 g/mol.